The molecule has 0 aliphatic heterocycles. The molecule has 0 fully saturated rings. The highest BCUT2D eigenvalue weighted by Crippen LogP contribution is 2.29. The van der Waals surface area contributed by atoms with Gasteiger partial charge in [0.2, 0.25) is 0 Å². The van der Waals surface area contributed by atoms with Crippen LogP contribution in [0.5, 0.6) is 17.2 Å². The lowest BCUT2D eigenvalue weighted by atomic mass is 10.2. The SMILES string of the molecule is CCOc1ccc(OCC)c(NC(N)=NCCCOc2ccccc2)c1.I. The molecule has 0 aromatic heterocycles. The van der Waals surface area contributed by atoms with Gasteiger partial charge in [0.1, 0.15) is 17.2 Å². The normalized spacial score (nSPS) is 10.7. The number of aliphatic imine (C=N–C) groups is 1. The number of nitrogens with one attached hydrogen (secondary N) is 1. The minimum atomic E-state index is 0. The van der Waals surface area contributed by atoms with Gasteiger partial charge >= 0.3 is 0 Å². The van der Waals surface area contributed by atoms with Crippen molar-refractivity contribution in [3.8, 4) is 17.2 Å². The molecule has 0 unspecified atom stereocenters. The van der Waals surface area contributed by atoms with E-state index in [1.165, 1.54) is 0 Å². The molecule has 0 aliphatic rings. The Morgan fingerprint density at radius 3 is 2.41 bits per heavy atom. The van der Waals surface area contributed by atoms with E-state index in [9.17, 15) is 0 Å². The number of hydrogen-bond donors (Lipinski definition) is 2. The molecule has 2 aromatic carbocycles. The van der Waals surface area contributed by atoms with Crippen molar-refractivity contribution in [2.75, 3.05) is 31.7 Å². The molecule has 2 aromatic rings. The Labute approximate surface area is 178 Å². The lowest BCUT2D eigenvalue weighted by Gasteiger charge is -2.14. The fourth-order valence-electron chi connectivity index (χ4n) is 2.29. The van der Waals surface area contributed by atoms with Gasteiger partial charge in [-0.1, -0.05) is 18.2 Å². The second-order valence-electron chi connectivity index (χ2n) is 5.43. The van der Waals surface area contributed by atoms with Crippen molar-refractivity contribution in [3.63, 3.8) is 0 Å². The third-order valence-corrected chi connectivity index (χ3v) is 3.42. The van der Waals surface area contributed by atoms with Gasteiger partial charge in [-0.3, -0.25) is 4.99 Å². The van der Waals surface area contributed by atoms with Gasteiger partial charge in [0.15, 0.2) is 5.96 Å². The number of nitrogens with two attached hydrogens (primary N) is 1. The van der Waals surface area contributed by atoms with Crippen molar-refractivity contribution >= 4 is 35.6 Å². The third-order valence-electron chi connectivity index (χ3n) is 3.42. The standard InChI is InChI=1S/C20H27N3O3.HI/c1-3-24-17-11-12-19(25-4-2)18(15-17)23-20(21)22-13-8-14-26-16-9-6-5-7-10-16;/h5-7,9-12,15H,3-4,8,13-14H2,1-2H3,(H3,21,22,23);1H. The number of nitrogens with zero attached hydrogens (tertiary/aromatic N) is 1. The predicted octanol–water partition coefficient (Wildman–Crippen LogP) is 4.30. The average Bonchev–Trinajstić information content (AvgIpc) is 2.65. The summed E-state index contributed by atoms with van der Waals surface area (Å²) in [5, 5.41) is 3.08. The van der Waals surface area contributed by atoms with Crippen LogP contribution in [-0.4, -0.2) is 32.3 Å². The van der Waals surface area contributed by atoms with Crippen LogP contribution in [0.1, 0.15) is 20.3 Å². The van der Waals surface area contributed by atoms with Gasteiger partial charge in [0.25, 0.3) is 0 Å². The van der Waals surface area contributed by atoms with Crippen molar-refractivity contribution in [3.05, 3.63) is 48.5 Å². The van der Waals surface area contributed by atoms with Crippen LogP contribution in [0.4, 0.5) is 5.69 Å². The van der Waals surface area contributed by atoms with Crippen molar-refractivity contribution < 1.29 is 14.2 Å². The number of guanidine groups is 1. The maximum absolute atomic E-state index is 5.99. The molecule has 0 bridgehead atoms. The van der Waals surface area contributed by atoms with E-state index in [4.69, 9.17) is 19.9 Å². The zero-order valence-corrected chi connectivity index (χ0v) is 18.1. The first-order valence-corrected chi connectivity index (χ1v) is 8.87. The molecule has 0 spiro atoms. The highest BCUT2D eigenvalue weighted by atomic mass is 127. The van der Waals surface area contributed by atoms with Crippen LogP contribution >= 0.6 is 24.0 Å². The zero-order chi connectivity index (χ0) is 18.6. The highest BCUT2D eigenvalue weighted by molar-refractivity contribution is 14.0. The molecule has 0 saturated carbocycles. The van der Waals surface area contributed by atoms with Gasteiger partial charge in [-0.25, -0.2) is 0 Å². The minimum Gasteiger partial charge on any atom is -0.494 e. The number of anilines is 1. The molecule has 0 amide bonds. The number of rotatable bonds is 10. The van der Waals surface area contributed by atoms with Crippen LogP contribution in [0, 0.1) is 0 Å². The summed E-state index contributed by atoms with van der Waals surface area (Å²) >= 11 is 0. The average molecular weight is 485 g/mol. The summed E-state index contributed by atoms with van der Waals surface area (Å²) in [6.45, 7) is 6.20. The fraction of sp³-hybridized carbons (Fsp3) is 0.350. The van der Waals surface area contributed by atoms with E-state index in [2.05, 4.69) is 10.3 Å². The molecule has 7 heteroatoms. The Bertz CT molecular complexity index is 696. The second kappa shape index (κ2) is 13.1. The van der Waals surface area contributed by atoms with Crippen molar-refractivity contribution in [1.29, 1.82) is 0 Å². The smallest absolute Gasteiger partial charge is 0.193 e. The van der Waals surface area contributed by atoms with E-state index < -0.39 is 0 Å². The monoisotopic (exact) mass is 485 g/mol. The van der Waals surface area contributed by atoms with Crippen LogP contribution in [0.2, 0.25) is 0 Å². The Morgan fingerprint density at radius 2 is 1.70 bits per heavy atom. The van der Waals surface area contributed by atoms with E-state index in [-0.39, 0.29) is 24.0 Å². The molecule has 0 saturated heterocycles. The van der Waals surface area contributed by atoms with E-state index in [0.717, 1.165) is 23.6 Å². The summed E-state index contributed by atoms with van der Waals surface area (Å²) in [6.07, 6.45) is 0.772. The molecule has 27 heavy (non-hydrogen) atoms. The van der Waals surface area contributed by atoms with Crippen LogP contribution in [0.25, 0.3) is 0 Å². The Morgan fingerprint density at radius 1 is 0.963 bits per heavy atom. The number of para-hydroxylation sites is 1. The second-order valence-corrected chi connectivity index (χ2v) is 5.43. The molecule has 148 valence electrons. The maximum Gasteiger partial charge on any atom is 0.193 e. The molecule has 0 radical (unpaired) electrons. The number of benzene rings is 2. The van der Waals surface area contributed by atoms with Gasteiger partial charge in [-0.05, 0) is 38.1 Å². The number of ether oxygens (including phenoxy) is 3. The predicted molar refractivity (Wildman–Crippen MR) is 121 cm³/mol. The topological polar surface area (TPSA) is 78.1 Å². The molecular weight excluding hydrogens is 457 g/mol. The van der Waals surface area contributed by atoms with Gasteiger partial charge < -0.3 is 25.3 Å². The van der Waals surface area contributed by atoms with E-state index in [0.29, 0.717) is 38.1 Å². The Hall–Kier alpha value is -2.16. The molecule has 2 rings (SSSR count). The summed E-state index contributed by atoms with van der Waals surface area (Å²) in [5.41, 5.74) is 6.73. The van der Waals surface area contributed by atoms with E-state index in [1.807, 2.05) is 62.4 Å². The van der Waals surface area contributed by atoms with Gasteiger partial charge in [0.05, 0.1) is 25.5 Å². The number of hydrogen-bond acceptors (Lipinski definition) is 4. The van der Waals surface area contributed by atoms with Gasteiger partial charge in [0, 0.05) is 19.0 Å². The van der Waals surface area contributed by atoms with Crippen molar-refractivity contribution in [1.82, 2.24) is 0 Å². The quantitative estimate of drug-likeness (QED) is 0.227. The van der Waals surface area contributed by atoms with E-state index >= 15 is 0 Å². The summed E-state index contributed by atoms with van der Waals surface area (Å²) < 4.78 is 16.8. The largest absolute Gasteiger partial charge is 0.494 e. The zero-order valence-electron chi connectivity index (χ0n) is 15.8. The number of halogens is 1. The lowest BCUT2D eigenvalue weighted by Crippen LogP contribution is -2.23. The highest BCUT2D eigenvalue weighted by Gasteiger charge is 2.07. The molecular formula is C20H28IN3O3. The van der Waals surface area contributed by atoms with Crippen molar-refractivity contribution in [2.45, 2.75) is 20.3 Å². The van der Waals surface area contributed by atoms with Crippen molar-refractivity contribution in [2.24, 2.45) is 10.7 Å². The molecule has 0 aliphatic carbocycles. The molecule has 0 heterocycles. The first kappa shape index (κ1) is 22.9. The lowest BCUT2D eigenvalue weighted by molar-refractivity contribution is 0.313. The van der Waals surface area contributed by atoms with Crippen LogP contribution < -0.4 is 25.3 Å². The van der Waals surface area contributed by atoms with E-state index in [1.54, 1.807) is 0 Å². The Balaban J connectivity index is 0.00000364. The summed E-state index contributed by atoms with van der Waals surface area (Å²) in [7, 11) is 0. The fourth-order valence-corrected chi connectivity index (χ4v) is 2.29. The van der Waals surface area contributed by atoms with Gasteiger partial charge in [-0.15, -0.1) is 24.0 Å². The third kappa shape index (κ3) is 8.38. The Kier molecular flexibility index (Phi) is 11.1. The molecule has 3 N–H and O–H groups in total. The summed E-state index contributed by atoms with van der Waals surface area (Å²) in [6, 6.07) is 15.3. The molecule has 0 atom stereocenters. The maximum atomic E-state index is 5.99. The first-order valence-electron chi connectivity index (χ1n) is 8.87. The van der Waals surface area contributed by atoms with Crippen LogP contribution in [-0.2, 0) is 0 Å². The minimum absolute atomic E-state index is 0. The summed E-state index contributed by atoms with van der Waals surface area (Å²) in [4.78, 5) is 4.33. The van der Waals surface area contributed by atoms with Crippen LogP contribution in [0.3, 0.4) is 0 Å². The summed E-state index contributed by atoms with van der Waals surface area (Å²) in [5.74, 6) is 2.65. The molecule has 6 nitrogen and oxygen atoms in total. The van der Waals surface area contributed by atoms with Gasteiger partial charge in [-0.2, -0.15) is 0 Å². The first-order chi connectivity index (χ1) is 12.7. The van der Waals surface area contributed by atoms with Crippen LogP contribution in [0.15, 0.2) is 53.5 Å².